The largest absolute Gasteiger partial charge is 0.378 e. The van der Waals surface area contributed by atoms with Crippen molar-refractivity contribution in [2.45, 2.75) is 30.2 Å². The van der Waals surface area contributed by atoms with Gasteiger partial charge in [0.25, 0.3) is 5.91 Å². The van der Waals surface area contributed by atoms with Crippen LogP contribution < -0.4 is 5.32 Å². The van der Waals surface area contributed by atoms with Gasteiger partial charge in [-0.25, -0.2) is 0 Å². The highest BCUT2D eigenvalue weighted by Crippen LogP contribution is 2.40. The van der Waals surface area contributed by atoms with Crippen molar-refractivity contribution in [3.8, 4) is 0 Å². The third-order valence-corrected chi connectivity index (χ3v) is 5.70. The molecule has 0 radical (unpaired) electrons. The number of anilines is 1. The van der Waals surface area contributed by atoms with Crippen molar-refractivity contribution in [1.29, 1.82) is 0 Å². The lowest BCUT2D eigenvalue weighted by Crippen LogP contribution is -2.40. The molecule has 1 saturated heterocycles. The van der Waals surface area contributed by atoms with Gasteiger partial charge >= 0.3 is 0 Å². The summed E-state index contributed by atoms with van der Waals surface area (Å²) in [5.74, 6) is 0.164. The zero-order valence-corrected chi connectivity index (χ0v) is 16.7. The van der Waals surface area contributed by atoms with E-state index in [2.05, 4.69) is 10.4 Å². The van der Waals surface area contributed by atoms with E-state index in [0.717, 1.165) is 29.1 Å². The zero-order chi connectivity index (χ0) is 19.5. The maximum atomic E-state index is 12.7. The summed E-state index contributed by atoms with van der Waals surface area (Å²) in [5, 5.41) is 7.41. The first-order chi connectivity index (χ1) is 13.6. The topological polar surface area (TPSA) is 76.5 Å². The van der Waals surface area contributed by atoms with E-state index in [4.69, 9.17) is 4.74 Å². The van der Waals surface area contributed by atoms with Crippen LogP contribution in [0.4, 0.5) is 5.69 Å². The van der Waals surface area contributed by atoms with Gasteiger partial charge in [-0.1, -0.05) is 6.07 Å². The van der Waals surface area contributed by atoms with Crippen LogP contribution in [-0.2, 0) is 16.1 Å². The minimum Gasteiger partial charge on any atom is -0.378 e. The fourth-order valence-corrected chi connectivity index (χ4v) is 3.80. The van der Waals surface area contributed by atoms with Gasteiger partial charge < -0.3 is 15.0 Å². The average Bonchev–Trinajstić information content (AvgIpc) is 3.48. The lowest BCUT2D eigenvalue weighted by atomic mass is 10.2. The van der Waals surface area contributed by atoms with Crippen LogP contribution in [0.5, 0.6) is 0 Å². The standard InChI is InChI=1S/C20H24N4O3S/c1-28-16-4-2-3-15(11-16)21-19(25)13-24-18(14-5-6-14)12-17(22-24)20(26)23-7-9-27-10-8-23/h2-4,11-12,14H,5-10,13H2,1H3,(H,21,25). The molecule has 8 heteroatoms. The lowest BCUT2D eigenvalue weighted by molar-refractivity contribution is -0.117. The SMILES string of the molecule is CSc1cccc(NC(=O)Cn2nc(C(=O)N3CCOCC3)cc2C2CC2)c1. The van der Waals surface area contributed by atoms with Gasteiger partial charge in [0.2, 0.25) is 5.91 Å². The summed E-state index contributed by atoms with van der Waals surface area (Å²) < 4.78 is 7.01. The Morgan fingerprint density at radius 3 is 2.75 bits per heavy atom. The highest BCUT2D eigenvalue weighted by molar-refractivity contribution is 7.98. The van der Waals surface area contributed by atoms with E-state index in [1.807, 2.05) is 36.6 Å². The average molecular weight is 401 g/mol. The molecule has 2 amide bonds. The molecular weight excluding hydrogens is 376 g/mol. The van der Waals surface area contributed by atoms with Gasteiger partial charge in [0, 0.05) is 35.3 Å². The number of nitrogens with zero attached hydrogens (tertiary/aromatic N) is 3. The Kier molecular flexibility index (Phi) is 5.68. The predicted molar refractivity (Wildman–Crippen MR) is 108 cm³/mol. The fraction of sp³-hybridized carbons (Fsp3) is 0.450. The quantitative estimate of drug-likeness (QED) is 0.755. The molecule has 2 aromatic rings. The van der Waals surface area contributed by atoms with Crippen LogP contribution in [0.15, 0.2) is 35.2 Å². The van der Waals surface area contributed by atoms with Gasteiger partial charge in [0.15, 0.2) is 5.69 Å². The van der Waals surface area contributed by atoms with Crippen molar-refractivity contribution in [2.75, 3.05) is 37.9 Å². The summed E-state index contributed by atoms with van der Waals surface area (Å²) in [6.45, 7) is 2.37. The first-order valence-electron chi connectivity index (χ1n) is 9.52. The van der Waals surface area contributed by atoms with E-state index in [0.29, 0.717) is 37.9 Å². The molecule has 1 saturated carbocycles. The molecule has 0 atom stereocenters. The number of carbonyl (C=O) groups excluding carboxylic acids is 2. The predicted octanol–water partition coefficient (Wildman–Crippen LogP) is 2.59. The molecule has 1 aliphatic carbocycles. The Morgan fingerprint density at radius 1 is 1.25 bits per heavy atom. The molecule has 2 heterocycles. The van der Waals surface area contributed by atoms with E-state index in [1.165, 1.54) is 0 Å². The molecule has 148 valence electrons. The minimum absolute atomic E-state index is 0.0861. The van der Waals surface area contributed by atoms with Crippen molar-refractivity contribution in [3.05, 3.63) is 41.7 Å². The Labute approximate surface area is 168 Å². The number of carbonyl (C=O) groups is 2. The number of hydrogen-bond donors (Lipinski definition) is 1. The molecular formula is C20H24N4O3S. The third kappa shape index (κ3) is 4.39. The van der Waals surface area contributed by atoms with Gasteiger partial charge in [0.05, 0.1) is 13.2 Å². The third-order valence-electron chi connectivity index (χ3n) is 4.97. The van der Waals surface area contributed by atoms with Crippen LogP contribution in [0.2, 0.25) is 0 Å². The van der Waals surface area contributed by atoms with Gasteiger partial charge in [-0.15, -0.1) is 11.8 Å². The molecule has 1 N–H and O–H groups in total. The van der Waals surface area contributed by atoms with E-state index >= 15 is 0 Å². The highest BCUT2D eigenvalue weighted by Gasteiger charge is 2.31. The summed E-state index contributed by atoms with van der Waals surface area (Å²) in [4.78, 5) is 28.2. The number of rotatable bonds is 6. The van der Waals surface area contributed by atoms with Crippen molar-refractivity contribution < 1.29 is 14.3 Å². The first-order valence-corrected chi connectivity index (χ1v) is 10.7. The number of hydrogen-bond acceptors (Lipinski definition) is 5. The van der Waals surface area contributed by atoms with Crippen molar-refractivity contribution in [1.82, 2.24) is 14.7 Å². The molecule has 0 bridgehead atoms. The molecule has 2 aliphatic rings. The molecule has 28 heavy (non-hydrogen) atoms. The normalized spacial score (nSPS) is 16.8. The monoisotopic (exact) mass is 400 g/mol. The van der Waals surface area contributed by atoms with Gasteiger partial charge in [-0.2, -0.15) is 5.10 Å². The number of morpholine rings is 1. The summed E-state index contributed by atoms with van der Waals surface area (Å²) in [5.41, 5.74) is 2.16. The highest BCUT2D eigenvalue weighted by atomic mass is 32.2. The Balaban J connectivity index is 1.48. The Bertz CT molecular complexity index is 872. The van der Waals surface area contributed by atoms with Crippen molar-refractivity contribution in [2.24, 2.45) is 0 Å². The second kappa shape index (κ2) is 8.36. The second-order valence-corrected chi connectivity index (χ2v) is 7.95. The van der Waals surface area contributed by atoms with Crippen LogP contribution in [-0.4, -0.2) is 59.1 Å². The second-order valence-electron chi connectivity index (χ2n) is 7.07. The van der Waals surface area contributed by atoms with Crippen LogP contribution in [0, 0.1) is 0 Å². The molecule has 1 aromatic heterocycles. The summed E-state index contributed by atoms with van der Waals surface area (Å²) in [6, 6.07) is 9.60. The zero-order valence-electron chi connectivity index (χ0n) is 15.9. The number of aromatic nitrogens is 2. The van der Waals surface area contributed by atoms with E-state index in [9.17, 15) is 9.59 Å². The summed E-state index contributed by atoms with van der Waals surface area (Å²) >= 11 is 1.63. The summed E-state index contributed by atoms with van der Waals surface area (Å²) in [7, 11) is 0. The molecule has 4 rings (SSSR count). The van der Waals surface area contributed by atoms with Crippen LogP contribution in [0.25, 0.3) is 0 Å². The number of benzene rings is 1. The number of nitrogens with one attached hydrogen (secondary N) is 1. The van der Waals surface area contributed by atoms with Crippen molar-refractivity contribution in [3.63, 3.8) is 0 Å². The Hall–Kier alpha value is -2.32. The first kappa shape index (κ1) is 19.0. The molecule has 7 nitrogen and oxygen atoms in total. The van der Waals surface area contributed by atoms with Crippen LogP contribution >= 0.6 is 11.8 Å². The van der Waals surface area contributed by atoms with Crippen LogP contribution in [0.1, 0.15) is 34.9 Å². The molecule has 0 spiro atoms. The smallest absolute Gasteiger partial charge is 0.274 e. The maximum Gasteiger partial charge on any atom is 0.274 e. The molecule has 1 aromatic carbocycles. The van der Waals surface area contributed by atoms with Crippen molar-refractivity contribution >= 4 is 29.3 Å². The minimum atomic E-state index is -0.145. The Morgan fingerprint density at radius 2 is 2.04 bits per heavy atom. The molecule has 1 aliphatic heterocycles. The van der Waals surface area contributed by atoms with E-state index < -0.39 is 0 Å². The van der Waals surface area contributed by atoms with E-state index in [-0.39, 0.29) is 18.4 Å². The van der Waals surface area contributed by atoms with Gasteiger partial charge in [0.1, 0.15) is 6.54 Å². The number of thioether (sulfide) groups is 1. The maximum absolute atomic E-state index is 12.7. The lowest BCUT2D eigenvalue weighted by Gasteiger charge is -2.25. The number of ether oxygens (including phenoxy) is 1. The van der Waals surface area contributed by atoms with E-state index in [1.54, 1.807) is 21.3 Å². The van der Waals surface area contributed by atoms with Gasteiger partial charge in [-0.3, -0.25) is 14.3 Å². The number of amides is 2. The van der Waals surface area contributed by atoms with Crippen LogP contribution in [0.3, 0.4) is 0 Å². The molecule has 2 fully saturated rings. The summed E-state index contributed by atoms with van der Waals surface area (Å²) in [6.07, 6.45) is 4.15. The fourth-order valence-electron chi connectivity index (χ4n) is 3.34. The van der Waals surface area contributed by atoms with Gasteiger partial charge in [-0.05, 0) is 43.4 Å². The molecule has 0 unspecified atom stereocenters.